The molecule has 1 heterocycles. The molecule has 0 saturated heterocycles. The summed E-state index contributed by atoms with van der Waals surface area (Å²) in [6.07, 6.45) is -4.57. The predicted molar refractivity (Wildman–Crippen MR) is 114 cm³/mol. The Morgan fingerprint density at radius 1 is 1.09 bits per heavy atom. The number of nitrogens with zero attached hydrogens (tertiary/aromatic N) is 1. The molecule has 1 aliphatic rings. The molecule has 1 aromatic heterocycles. The van der Waals surface area contributed by atoms with Crippen molar-refractivity contribution in [2.75, 3.05) is 18.9 Å². The molecule has 162 valence electrons. The standard InChI is InChI=1S/C24H18F3N3O2/c25-24(26,27)16-12-15(22(28)30-13-16)6-5-11-29-23(31)32-14-21-19-9-3-1-7-17(19)18-8-2-4-10-20(18)21/h1-4,7-10,12-13,21H,11,14H2,(H2,28,30)(H,29,31). The molecular formula is C24H18F3N3O2. The molecule has 3 aromatic rings. The smallest absolute Gasteiger partial charge is 0.417 e. The highest BCUT2D eigenvalue weighted by atomic mass is 19.4. The second-order valence-corrected chi connectivity index (χ2v) is 7.14. The summed E-state index contributed by atoms with van der Waals surface area (Å²) in [5.74, 6) is 4.87. The minimum Gasteiger partial charge on any atom is -0.449 e. The van der Waals surface area contributed by atoms with Crippen molar-refractivity contribution in [3.63, 3.8) is 0 Å². The highest BCUT2D eigenvalue weighted by Gasteiger charge is 2.31. The first-order valence-electron chi connectivity index (χ1n) is 9.75. The average Bonchev–Trinajstić information content (AvgIpc) is 3.09. The van der Waals surface area contributed by atoms with E-state index in [0.717, 1.165) is 28.3 Å². The van der Waals surface area contributed by atoms with E-state index in [1.165, 1.54) is 0 Å². The summed E-state index contributed by atoms with van der Waals surface area (Å²) in [6.45, 7) is 0.0319. The summed E-state index contributed by atoms with van der Waals surface area (Å²) in [5.41, 5.74) is 9.00. The van der Waals surface area contributed by atoms with Crippen LogP contribution in [0.5, 0.6) is 0 Å². The third-order valence-electron chi connectivity index (χ3n) is 5.13. The number of carbonyl (C=O) groups excluding carboxylic acids is 1. The van der Waals surface area contributed by atoms with Gasteiger partial charge in [0.25, 0.3) is 0 Å². The number of alkyl halides is 3. The van der Waals surface area contributed by atoms with Gasteiger partial charge in [-0.2, -0.15) is 13.2 Å². The minimum atomic E-state index is -4.54. The van der Waals surface area contributed by atoms with Crippen LogP contribution >= 0.6 is 0 Å². The Morgan fingerprint density at radius 3 is 2.34 bits per heavy atom. The number of hydrogen-bond acceptors (Lipinski definition) is 4. The second kappa shape index (κ2) is 8.63. The Bertz CT molecular complexity index is 1180. The first kappa shape index (κ1) is 21.2. The number of nitrogen functional groups attached to an aromatic ring is 1. The Hall–Kier alpha value is -3.99. The molecule has 0 spiro atoms. The van der Waals surface area contributed by atoms with Gasteiger partial charge >= 0.3 is 12.3 Å². The summed E-state index contributed by atoms with van der Waals surface area (Å²) < 4.78 is 43.7. The van der Waals surface area contributed by atoms with Crippen molar-refractivity contribution in [3.05, 3.63) is 83.0 Å². The molecule has 0 fully saturated rings. The van der Waals surface area contributed by atoms with Crippen LogP contribution in [0.25, 0.3) is 11.1 Å². The fraction of sp³-hybridized carbons (Fsp3) is 0.167. The first-order valence-corrected chi connectivity index (χ1v) is 9.75. The molecule has 3 N–H and O–H groups in total. The van der Waals surface area contributed by atoms with Gasteiger partial charge in [0.05, 0.1) is 17.7 Å². The molecule has 0 atom stereocenters. The van der Waals surface area contributed by atoms with Gasteiger partial charge in [-0.05, 0) is 28.3 Å². The maximum absolute atomic E-state index is 12.8. The van der Waals surface area contributed by atoms with E-state index in [4.69, 9.17) is 10.5 Å². The van der Waals surface area contributed by atoms with Gasteiger partial charge < -0.3 is 15.8 Å². The quantitative estimate of drug-likeness (QED) is 0.589. The lowest BCUT2D eigenvalue weighted by Gasteiger charge is -2.14. The molecule has 4 rings (SSSR count). The monoisotopic (exact) mass is 437 g/mol. The fourth-order valence-electron chi connectivity index (χ4n) is 3.64. The number of aromatic nitrogens is 1. The number of fused-ring (bicyclic) bond motifs is 3. The van der Waals surface area contributed by atoms with Crippen LogP contribution in [0.4, 0.5) is 23.8 Å². The van der Waals surface area contributed by atoms with E-state index in [9.17, 15) is 18.0 Å². The Morgan fingerprint density at radius 2 is 1.72 bits per heavy atom. The van der Waals surface area contributed by atoms with E-state index >= 15 is 0 Å². The molecule has 0 saturated carbocycles. The Labute approximate surface area is 182 Å². The number of pyridine rings is 1. The fourth-order valence-corrected chi connectivity index (χ4v) is 3.64. The van der Waals surface area contributed by atoms with Crippen molar-refractivity contribution in [2.45, 2.75) is 12.1 Å². The second-order valence-electron chi connectivity index (χ2n) is 7.14. The number of halogens is 3. The molecule has 0 unspecified atom stereocenters. The molecule has 0 aliphatic heterocycles. The largest absolute Gasteiger partial charge is 0.449 e. The van der Waals surface area contributed by atoms with Crippen LogP contribution in [0.2, 0.25) is 0 Å². The van der Waals surface area contributed by atoms with Crippen LogP contribution in [-0.2, 0) is 10.9 Å². The molecule has 8 heteroatoms. The molecule has 5 nitrogen and oxygen atoms in total. The summed E-state index contributed by atoms with van der Waals surface area (Å²) >= 11 is 0. The SMILES string of the molecule is Nc1ncc(C(F)(F)F)cc1C#CCNC(=O)OCC1c2ccccc2-c2ccccc21. The van der Waals surface area contributed by atoms with E-state index in [2.05, 4.69) is 22.1 Å². The predicted octanol–water partition coefficient (Wildman–Crippen LogP) is 4.57. The number of ether oxygens (including phenoxy) is 1. The van der Waals surface area contributed by atoms with Crippen molar-refractivity contribution in [2.24, 2.45) is 0 Å². The average molecular weight is 437 g/mol. The van der Waals surface area contributed by atoms with Gasteiger partial charge in [0.15, 0.2) is 0 Å². The Kier molecular flexibility index (Phi) is 5.73. The van der Waals surface area contributed by atoms with Crippen LogP contribution in [0.1, 0.15) is 28.2 Å². The van der Waals surface area contributed by atoms with E-state index in [-0.39, 0.29) is 30.5 Å². The number of benzene rings is 2. The molecular weight excluding hydrogens is 419 g/mol. The normalized spacial score (nSPS) is 12.3. The highest BCUT2D eigenvalue weighted by molar-refractivity contribution is 5.79. The number of carbonyl (C=O) groups is 1. The first-order chi connectivity index (χ1) is 15.3. The summed E-state index contributed by atoms with van der Waals surface area (Å²) in [4.78, 5) is 15.6. The molecule has 0 bridgehead atoms. The lowest BCUT2D eigenvalue weighted by Crippen LogP contribution is -2.26. The van der Waals surface area contributed by atoms with Crippen molar-refractivity contribution in [1.29, 1.82) is 0 Å². The van der Waals surface area contributed by atoms with E-state index in [1.54, 1.807) is 0 Å². The molecule has 1 amide bonds. The number of hydrogen-bond donors (Lipinski definition) is 2. The zero-order valence-corrected chi connectivity index (χ0v) is 16.7. The highest BCUT2D eigenvalue weighted by Crippen LogP contribution is 2.44. The zero-order chi connectivity index (χ0) is 22.7. The van der Waals surface area contributed by atoms with Crippen LogP contribution in [0, 0.1) is 11.8 Å². The van der Waals surface area contributed by atoms with Crippen molar-refractivity contribution in [3.8, 4) is 23.0 Å². The third-order valence-corrected chi connectivity index (χ3v) is 5.13. The van der Waals surface area contributed by atoms with Crippen molar-refractivity contribution >= 4 is 11.9 Å². The number of nitrogens with two attached hydrogens (primary N) is 1. The van der Waals surface area contributed by atoms with Crippen LogP contribution < -0.4 is 11.1 Å². The summed E-state index contributed by atoms with van der Waals surface area (Å²) in [5, 5.41) is 2.47. The van der Waals surface area contributed by atoms with E-state index < -0.39 is 17.8 Å². The lowest BCUT2D eigenvalue weighted by atomic mass is 9.98. The topological polar surface area (TPSA) is 77.2 Å². The minimum absolute atomic E-state index is 0.0610. The van der Waals surface area contributed by atoms with Gasteiger partial charge in [-0.3, -0.25) is 0 Å². The number of amides is 1. The summed E-state index contributed by atoms with van der Waals surface area (Å²) in [7, 11) is 0. The number of rotatable bonds is 3. The molecule has 1 aliphatic carbocycles. The lowest BCUT2D eigenvalue weighted by molar-refractivity contribution is -0.137. The number of anilines is 1. The maximum Gasteiger partial charge on any atom is 0.417 e. The maximum atomic E-state index is 12.8. The van der Waals surface area contributed by atoms with Crippen molar-refractivity contribution in [1.82, 2.24) is 10.3 Å². The van der Waals surface area contributed by atoms with E-state index in [1.807, 2.05) is 48.5 Å². The van der Waals surface area contributed by atoms with Gasteiger partial charge in [-0.1, -0.05) is 60.4 Å². The molecule has 32 heavy (non-hydrogen) atoms. The van der Waals surface area contributed by atoms with E-state index in [0.29, 0.717) is 6.20 Å². The number of nitrogens with one attached hydrogen (secondary N) is 1. The van der Waals surface area contributed by atoms with Gasteiger partial charge in [0.1, 0.15) is 12.4 Å². The summed E-state index contributed by atoms with van der Waals surface area (Å²) in [6, 6.07) is 16.8. The van der Waals surface area contributed by atoms with Gasteiger partial charge in [0, 0.05) is 12.1 Å². The molecule has 0 radical (unpaired) electrons. The van der Waals surface area contributed by atoms with Gasteiger partial charge in [0.2, 0.25) is 0 Å². The van der Waals surface area contributed by atoms with Gasteiger partial charge in [-0.25, -0.2) is 9.78 Å². The van der Waals surface area contributed by atoms with Gasteiger partial charge in [-0.15, -0.1) is 0 Å². The third kappa shape index (κ3) is 4.37. The Balaban J connectivity index is 1.36. The van der Waals surface area contributed by atoms with Crippen LogP contribution in [-0.4, -0.2) is 24.2 Å². The van der Waals surface area contributed by atoms with Crippen LogP contribution in [0.3, 0.4) is 0 Å². The molecule has 2 aromatic carbocycles. The van der Waals surface area contributed by atoms with Crippen molar-refractivity contribution < 1.29 is 22.7 Å². The zero-order valence-electron chi connectivity index (χ0n) is 16.7. The van der Waals surface area contributed by atoms with Crippen LogP contribution in [0.15, 0.2) is 60.8 Å². The number of alkyl carbamates (subject to hydrolysis) is 1.